The molecule has 0 spiro atoms. The van der Waals surface area contributed by atoms with Crippen LogP contribution in [-0.2, 0) is 11.3 Å². The van der Waals surface area contributed by atoms with E-state index in [0.717, 1.165) is 11.3 Å². The van der Waals surface area contributed by atoms with Gasteiger partial charge in [-0.1, -0.05) is 11.3 Å². The Morgan fingerprint density at radius 1 is 1.40 bits per heavy atom. The third kappa shape index (κ3) is 3.42. The van der Waals surface area contributed by atoms with Gasteiger partial charge in [0.2, 0.25) is 5.91 Å². The molecule has 106 valence electrons. The number of carbonyl (C=O) groups excluding carboxylic acids is 1. The van der Waals surface area contributed by atoms with Crippen LogP contribution in [-0.4, -0.2) is 26.0 Å². The Balaban J connectivity index is 1.99. The topological polar surface area (TPSA) is 80.0 Å². The van der Waals surface area contributed by atoms with Gasteiger partial charge in [-0.15, -0.1) is 5.10 Å². The molecular weight excluding hydrogens is 256 g/mol. The van der Waals surface area contributed by atoms with Crippen molar-refractivity contribution in [1.82, 2.24) is 15.0 Å². The van der Waals surface area contributed by atoms with Crippen LogP contribution in [0.25, 0.3) is 0 Å². The van der Waals surface area contributed by atoms with Gasteiger partial charge in [0.25, 0.3) is 0 Å². The predicted octanol–water partition coefficient (Wildman–Crippen LogP) is 1.59. The Morgan fingerprint density at radius 3 is 2.75 bits per heavy atom. The number of benzene rings is 1. The molecule has 1 unspecified atom stereocenters. The lowest BCUT2D eigenvalue weighted by molar-refractivity contribution is -0.116. The number of rotatable bonds is 4. The molecule has 6 heteroatoms. The quantitative estimate of drug-likeness (QED) is 0.887. The highest BCUT2D eigenvalue weighted by Crippen LogP contribution is 2.14. The second-order valence-corrected chi connectivity index (χ2v) is 4.86. The Bertz CT molecular complexity index is 619. The minimum Gasteiger partial charge on any atom is -0.387 e. The Kier molecular flexibility index (Phi) is 4.14. The highest BCUT2D eigenvalue weighted by atomic mass is 16.3. The molecule has 0 aliphatic carbocycles. The second-order valence-electron chi connectivity index (χ2n) is 4.86. The Hall–Kier alpha value is -2.21. The molecule has 0 saturated heterocycles. The summed E-state index contributed by atoms with van der Waals surface area (Å²) in [4.78, 5) is 11.9. The fourth-order valence-electron chi connectivity index (χ4n) is 1.75. The maximum absolute atomic E-state index is 11.9. The summed E-state index contributed by atoms with van der Waals surface area (Å²) in [5, 5.41) is 19.7. The number of anilines is 1. The summed E-state index contributed by atoms with van der Waals surface area (Å²) in [6.45, 7) is 5.68. The average Bonchev–Trinajstić information content (AvgIpc) is 2.82. The first-order valence-electron chi connectivity index (χ1n) is 6.41. The van der Waals surface area contributed by atoms with Gasteiger partial charge in [-0.2, -0.15) is 0 Å². The first-order valence-corrected chi connectivity index (χ1v) is 6.41. The second kappa shape index (κ2) is 5.83. The summed E-state index contributed by atoms with van der Waals surface area (Å²) >= 11 is 0. The van der Waals surface area contributed by atoms with Crippen LogP contribution in [0.4, 0.5) is 5.69 Å². The molecule has 6 nitrogen and oxygen atoms in total. The third-order valence-corrected chi connectivity index (χ3v) is 3.08. The summed E-state index contributed by atoms with van der Waals surface area (Å²) < 4.78 is 1.40. The molecule has 1 amide bonds. The van der Waals surface area contributed by atoms with Crippen molar-refractivity contribution < 1.29 is 9.90 Å². The molecule has 2 aromatic rings. The van der Waals surface area contributed by atoms with Gasteiger partial charge in [-0.25, -0.2) is 4.68 Å². The van der Waals surface area contributed by atoms with Crippen molar-refractivity contribution in [2.75, 3.05) is 5.32 Å². The van der Waals surface area contributed by atoms with Crippen molar-refractivity contribution in [2.24, 2.45) is 0 Å². The number of amides is 1. The zero-order chi connectivity index (χ0) is 14.7. The van der Waals surface area contributed by atoms with Gasteiger partial charge in [-0.05, 0) is 44.0 Å². The summed E-state index contributed by atoms with van der Waals surface area (Å²) in [5.74, 6) is -0.185. The van der Waals surface area contributed by atoms with Crippen molar-refractivity contribution in [1.29, 1.82) is 0 Å². The molecule has 0 fully saturated rings. The van der Waals surface area contributed by atoms with Crippen LogP contribution in [0.1, 0.15) is 29.8 Å². The fraction of sp³-hybridized carbons (Fsp3) is 0.357. The maximum atomic E-state index is 11.9. The number of aliphatic hydroxyl groups excluding tert-OH is 1. The normalized spacial score (nSPS) is 12.2. The van der Waals surface area contributed by atoms with E-state index in [9.17, 15) is 9.90 Å². The SMILES string of the molecule is Cc1ccc(NC(=O)Cn2cc(C(C)O)nn2)cc1C. The molecule has 0 saturated carbocycles. The smallest absolute Gasteiger partial charge is 0.246 e. The monoisotopic (exact) mass is 274 g/mol. The van der Waals surface area contributed by atoms with Crippen LogP contribution in [0.3, 0.4) is 0 Å². The molecule has 0 radical (unpaired) electrons. The summed E-state index contributed by atoms with van der Waals surface area (Å²) in [5.41, 5.74) is 3.51. The van der Waals surface area contributed by atoms with E-state index < -0.39 is 6.10 Å². The lowest BCUT2D eigenvalue weighted by atomic mass is 10.1. The zero-order valence-corrected chi connectivity index (χ0v) is 11.8. The van der Waals surface area contributed by atoms with Gasteiger partial charge < -0.3 is 10.4 Å². The molecule has 20 heavy (non-hydrogen) atoms. The van der Waals surface area contributed by atoms with Gasteiger partial charge in [0.05, 0.1) is 12.3 Å². The number of aryl methyl sites for hydroxylation is 2. The molecule has 0 bridgehead atoms. The van der Waals surface area contributed by atoms with Crippen LogP contribution in [0.2, 0.25) is 0 Å². The van der Waals surface area contributed by atoms with Crippen LogP contribution >= 0.6 is 0 Å². The average molecular weight is 274 g/mol. The number of hydrogen-bond donors (Lipinski definition) is 2. The highest BCUT2D eigenvalue weighted by molar-refractivity contribution is 5.90. The van der Waals surface area contributed by atoms with E-state index in [2.05, 4.69) is 15.6 Å². The van der Waals surface area contributed by atoms with Crippen molar-refractivity contribution in [3.8, 4) is 0 Å². The van der Waals surface area contributed by atoms with Crippen LogP contribution in [0, 0.1) is 13.8 Å². The number of aliphatic hydroxyl groups is 1. The fourth-order valence-corrected chi connectivity index (χ4v) is 1.75. The molecule has 0 aliphatic rings. The standard InChI is InChI=1S/C14H18N4O2/c1-9-4-5-12(6-10(9)2)15-14(20)8-18-7-13(11(3)19)16-17-18/h4-7,11,19H,8H2,1-3H3,(H,15,20). The minimum absolute atomic E-state index is 0.0621. The van der Waals surface area contributed by atoms with Crippen LogP contribution < -0.4 is 5.32 Å². The van der Waals surface area contributed by atoms with Crippen molar-refractivity contribution in [2.45, 2.75) is 33.4 Å². The van der Waals surface area contributed by atoms with E-state index in [4.69, 9.17) is 0 Å². The van der Waals surface area contributed by atoms with Crippen molar-refractivity contribution in [3.05, 3.63) is 41.2 Å². The molecule has 1 atom stereocenters. The van der Waals surface area contributed by atoms with Gasteiger partial charge in [0, 0.05) is 5.69 Å². The molecule has 0 aliphatic heterocycles. The van der Waals surface area contributed by atoms with E-state index in [1.54, 1.807) is 13.1 Å². The molecule has 2 rings (SSSR count). The van der Waals surface area contributed by atoms with Gasteiger partial charge in [-0.3, -0.25) is 4.79 Å². The summed E-state index contributed by atoms with van der Waals surface area (Å²) in [7, 11) is 0. The molecule has 2 N–H and O–H groups in total. The van der Waals surface area contributed by atoms with E-state index in [0.29, 0.717) is 5.69 Å². The van der Waals surface area contributed by atoms with Crippen LogP contribution in [0.15, 0.2) is 24.4 Å². The maximum Gasteiger partial charge on any atom is 0.246 e. The lowest BCUT2D eigenvalue weighted by Gasteiger charge is -2.07. The number of nitrogens with one attached hydrogen (secondary N) is 1. The summed E-state index contributed by atoms with van der Waals surface area (Å²) in [6.07, 6.45) is 0.872. The van der Waals surface area contributed by atoms with Crippen molar-refractivity contribution in [3.63, 3.8) is 0 Å². The predicted molar refractivity (Wildman–Crippen MR) is 75.2 cm³/mol. The lowest BCUT2D eigenvalue weighted by Crippen LogP contribution is -2.19. The number of nitrogens with zero attached hydrogens (tertiary/aromatic N) is 3. The van der Waals surface area contributed by atoms with Crippen molar-refractivity contribution >= 4 is 11.6 Å². The van der Waals surface area contributed by atoms with Gasteiger partial charge in [0.1, 0.15) is 12.2 Å². The third-order valence-electron chi connectivity index (χ3n) is 3.08. The number of hydrogen-bond acceptors (Lipinski definition) is 4. The van der Waals surface area contributed by atoms with E-state index in [1.807, 2.05) is 32.0 Å². The first kappa shape index (κ1) is 14.2. The summed E-state index contributed by atoms with van der Waals surface area (Å²) in [6, 6.07) is 5.75. The molecular formula is C14H18N4O2. The molecule has 1 heterocycles. The number of carbonyl (C=O) groups is 1. The van der Waals surface area contributed by atoms with Gasteiger partial charge >= 0.3 is 0 Å². The zero-order valence-electron chi connectivity index (χ0n) is 11.8. The Labute approximate surface area is 117 Å². The highest BCUT2D eigenvalue weighted by Gasteiger charge is 2.09. The van der Waals surface area contributed by atoms with Gasteiger partial charge in [0.15, 0.2) is 0 Å². The Morgan fingerprint density at radius 2 is 2.15 bits per heavy atom. The largest absolute Gasteiger partial charge is 0.387 e. The van der Waals surface area contributed by atoms with E-state index in [1.165, 1.54) is 10.2 Å². The van der Waals surface area contributed by atoms with E-state index in [-0.39, 0.29) is 12.5 Å². The minimum atomic E-state index is -0.688. The van der Waals surface area contributed by atoms with E-state index >= 15 is 0 Å². The molecule has 1 aromatic carbocycles. The molecule has 1 aromatic heterocycles. The van der Waals surface area contributed by atoms with Crippen LogP contribution in [0.5, 0.6) is 0 Å². The number of aromatic nitrogens is 3. The first-order chi connectivity index (χ1) is 9.45.